The van der Waals surface area contributed by atoms with Crippen molar-refractivity contribution in [1.29, 1.82) is 0 Å². The van der Waals surface area contributed by atoms with Gasteiger partial charge in [0.15, 0.2) is 6.20 Å². The zero-order valence-corrected chi connectivity index (χ0v) is 12.8. The Morgan fingerprint density at radius 2 is 2.00 bits per heavy atom. The fourth-order valence-corrected chi connectivity index (χ4v) is 2.75. The van der Waals surface area contributed by atoms with Gasteiger partial charge < -0.3 is 9.94 Å². The van der Waals surface area contributed by atoms with Crippen molar-refractivity contribution < 1.29 is 9.47 Å². The Morgan fingerprint density at radius 1 is 1.20 bits per heavy atom. The first-order valence-corrected chi connectivity index (χ1v) is 7.16. The van der Waals surface area contributed by atoms with Crippen LogP contribution < -0.4 is 9.47 Å². The predicted octanol–water partition coefficient (Wildman–Crippen LogP) is 3.69. The van der Waals surface area contributed by atoms with Crippen molar-refractivity contribution in [2.45, 2.75) is 19.4 Å². The molecule has 20 heavy (non-hydrogen) atoms. The quantitative estimate of drug-likeness (QED) is 0.590. The monoisotopic (exact) mass is 331 g/mol. The fraction of sp³-hybridized carbons (Fsp3) is 0.188. The smallest absolute Gasteiger partial charge is 0.224 e. The van der Waals surface area contributed by atoms with Crippen molar-refractivity contribution in [1.82, 2.24) is 0 Å². The molecule has 2 aromatic rings. The van der Waals surface area contributed by atoms with Crippen molar-refractivity contribution in [3.8, 4) is 5.75 Å². The number of benzene rings is 1. The molecule has 0 saturated heterocycles. The minimum atomic E-state index is -0.445. The summed E-state index contributed by atoms with van der Waals surface area (Å²) in [6.45, 7) is 3.96. The van der Waals surface area contributed by atoms with E-state index in [0.717, 1.165) is 26.1 Å². The SMILES string of the molecule is CC1(C)C=C(c2cccc[n+]2[O-])c2cc(Br)ccc2O1. The lowest BCUT2D eigenvalue weighted by molar-refractivity contribution is -0.608. The van der Waals surface area contributed by atoms with Gasteiger partial charge in [-0.15, -0.1) is 0 Å². The first-order valence-electron chi connectivity index (χ1n) is 6.37. The van der Waals surface area contributed by atoms with Gasteiger partial charge in [-0.1, -0.05) is 15.9 Å². The summed E-state index contributed by atoms with van der Waals surface area (Å²) >= 11 is 3.47. The Labute approximate surface area is 126 Å². The van der Waals surface area contributed by atoms with E-state index in [1.54, 1.807) is 6.07 Å². The highest BCUT2D eigenvalue weighted by Gasteiger charge is 2.30. The highest BCUT2D eigenvalue weighted by Crippen LogP contribution is 2.39. The topological polar surface area (TPSA) is 36.2 Å². The number of fused-ring (bicyclic) bond motifs is 1. The van der Waals surface area contributed by atoms with Gasteiger partial charge in [0.05, 0.1) is 5.57 Å². The second-order valence-electron chi connectivity index (χ2n) is 5.32. The van der Waals surface area contributed by atoms with Gasteiger partial charge >= 0.3 is 0 Å². The largest absolute Gasteiger partial charge is 0.618 e. The van der Waals surface area contributed by atoms with E-state index in [2.05, 4.69) is 15.9 Å². The molecule has 0 radical (unpaired) electrons. The van der Waals surface area contributed by atoms with Crippen molar-refractivity contribution in [2.24, 2.45) is 0 Å². The molecule has 2 heterocycles. The van der Waals surface area contributed by atoms with Crippen molar-refractivity contribution in [3.63, 3.8) is 0 Å². The number of aromatic nitrogens is 1. The molecule has 0 fully saturated rings. The lowest BCUT2D eigenvalue weighted by Crippen LogP contribution is -2.34. The van der Waals surface area contributed by atoms with Gasteiger partial charge in [0.2, 0.25) is 5.69 Å². The molecule has 0 aliphatic carbocycles. The van der Waals surface area contributed by atoms with Crippen LogP contribution in [0.1, 0.15) is 25.1 Å². The molecule has 1 aliphatic rings. The average Bonchev–Trinajstić information content (AvgIpc) is 2.38. The number of nitrogens with zero attached hydrogens (tertiary/aromatic N) is 1. The lowest BCUT2D eigenvalue weighted by Gasteiger charge is -2.30. The van der Waals surface area contributed by atoms with Crippen LogP contribution in [-0.2, 0) is 0 Å². The summed E-state index contributed by atoms with van der Waals surface area (Å²) in [5.74, 6) is 0.791. The molecule has 4 heteroatoms. The van der Waals surface area contributed by atoms with Gasteiger partial charge in [-0.2, -0.15) is 4.73 Å². The molecule has 1 aliphatic heterocycles. The van der Waals surface area contributed by atoms with E-state index in [4.69, 9.17) is 4.74 Å². The van der Waals surface area contributed by atoms with E-state index in [-0.39, 0.29) is 0 Å². The maximum Gasteiger partial charge on any atom is 0.224 e. The van der Waals surface area contributed by atoms with Gasteiger partial charge in [0.25, 0.3) is 0 Å². The summed E-state index contributed by atoms with van der Waals surface area (Å²) in [4.78, 5) is 0. The number of halogens is 1. The van der Waals surface area contributed by atoms with Crippen LogP contribution in [0.4, 0.5) is 0 Å². The van der Waals surface area contributed by atoms with Crippen molar-refractivity contribution in [3.05, 3.63) is 69.6 Å². The molecule has 1 aromatic heterocycles. The van der Waals surface area contributed by atoms with Gasteiger partial charge in [-0.05, 0) is 44.2 Å². The Bertz CT molecular complexity index is 707. The molecule has 1 aromatic carbocycles. The standard InChI is InChI=1S/C16H14BrNO2/c1-16(2)10-13(14-5-3-4-8-18(14)19)12-9-11(17)6-7-15(12)20-16/h3-10H,1-2H3. The van der Waals surface area contributed by atoms with Crippen LogP contribution in [0.15, 0.2) is 53.1 Å². The fourth-order valence-electron chi connectivity index (χ4n) is 2.39. The summed E-state index contributed by atoms with van der Waals surface area (Å²) < 4.78 is 7.80. The lowest BCUT2D eigenvalue weighted by atomic mass is 9.92. The Morgan fingerprint density at radius 3 is 2.75 bits per heavy atom. The predicted molar refractivity (Wildman–Crippen MR) is 81.3 cm³/mol. The van der Waals surface area contributed by atoms with Crippen LogP contribution in [0.2, 0.25) is 0 Å². The Kier molecular flexibility index (Phi) is 3.05. The van der Waals surface area contributed by atoms with E-state index in [1.165, 1.54) is 6.20 Å². The van der Waals surface area contributed by atoms with Crippen LogP contribution >= 0.6 is 15.9 Å². The molecule has 102 valence electrons. The summed E-state index contributed by atoms with van der Waals surface area (Å²) in [6.07, 6.45) is 3.50. The molecular weight excluding hydrogens is 318 g/mol. The highest BCUT2D eigenvalue weighted by atomic mass is 79.9. The number of hydrogen-bond donors (Lipinski definition) is 0. The van der Waals surface area contributed by atoms with Crippen LogP contribution in [0.5, 0.6) is 5.75 Å². The maximum atomic E-state index is 12.0. The molecule has 0 spiro atoms. The van der Waals surface area contributed by atoms with Crippen LogP contribution in [-0.4, -0.2) is 5.60 Å². The molecule has 0 N–H and O–H groups in total. The molecular formula is C16H14BrNO2. The van der Waals surface area contributed by atoms with Gasteiger partial charge in [0.1, 0.15) is 11.4 Å². The normalized spacial score (nSPS) is 16.1. The Hall–Kier alpha value is -1.81. The van der Waals surface area contributed by atoms with Crippen LogP contribution in [0, 0.1) is 5.21 Å². The summed E-state index contributed by atoms with van der Waals surface area (Å²) in [5.41, 5.74) is 2.00. The molecule has 3 rings (SSSR count). The van der Waals surface area contributed by atoms with Crippen LogP contribution in [0.25, 0.3) is 5.57 Å². The molecule has 0 atom stereocenters. The van der Waals surface area contributed by atoms with Gasteiger partial charge in [-0.3, -0.25) is 0 Å². The third-order valence-electron chi connectivity index (χ3n) is 3.20. The zero-order chi connectivity index (χ0) is 14.3. The molecule has 0 bridgehead atoms. The number of pyridine rings is 1. The van der Waals surface area contributed by atoms with Crippen molar-refractivity contribution in [2.75, 3.05) is 0 Å². The second kappa shape index (κ2) is 4.63. The van der Waals surface area contributed by atoms with Gasteiger partial charge in [0, 0.05) is 22.2 Å². The summed E-state index contributed by atoms with van der Waals surface area (Å²) in [7, 11) is 0. The van der Waals surface area contributed by atoms with E-state index in [0.29, 0.717) is 5.69 Å². The number of rotatable bonds is 1. The summed E-state index contributed by atoms with van der Waals surface area (Å²) in [6, 6.07) is 11.3. The van der Waals surface area contributed by atoms with E-state index in [1.807, 2.05) is 50.3 Å². The number of hydrogen-bond acceptors (Lipinski definition) is 2. The molecule has 0 amide bonds. The maximum absolute atomic E-state index is 12.0. The first kappa shape index (κ1) is 13.2. The van der Waals surface area contributed by atoms with E-state index in [9.17, 15) is 5.21 Å². The van der Waals surface area contributed by atoms with E-state index < -0.39 is 5.60 Å². The molecule has 0 saturated carbocycles. The minimum Gasteiger partial charge on any atom is -0.618 e. The third-order valence-corrected chi connectivity index (χ3v) is 3.69. The van der Waals surface area contributed by atoms with E-state index >= 15 is 0 Å². The third kappa shape index (κ3) is 2.31. The van der Waals surface area contributed by atoms with Gasteiger partial charge in [-0.25, -0.2) is 0 Å². The first-order chi connectivity index (χ1) is 9.46. The second-order valence-corrected chi connectivity index (χ2v) is 6.23. The average molecular weight is 332 g/mol. The highest BCUT2D eigenvalue weighted by molar-refractivity contribution is 9.10. The number of ether oxygens (including phenoxy) is 1. The molecule has 3 nitrogen and oxygen atoms in total. The zero-order valence-electron chi connectivity index (χ0n) is 11.3. The summed E-state index contributed by atoms with van der Waals surface area (Å²) in [5, 5.41) is 12.0. The van der Waals surface area contributed by atoms with Crippen molar-refractivity contribution >= 4 is 21.5 Å². The van der Waals surface area contributed by atoms with Crippen LogP contribution in [0.3, 0.4) is 0 Å². The Balaban J connectivity index is 2.25. The molecule has 0 unspecified atom stereocenters. The minimum absolute atomic E-state index is 0.445.